The van der Waals surface area contributed by atoms with Gasteiger partial charge in [0.05, 0.1) is 30.5 Å². The van der Waals surface area contributed by atoms with Gasteiger partial charge in [-0.3, -0.25) is 4.79 Å². The van der Waals surface area contributed by atoms with Gasteiger partial charge in [0.25, 0.3) is 0 Å². The average molecular weight is 432 g/mol. The first-order valence-corrected chi connectivity index (χ1v) is 10.6. The largest absolute Gasteiger partial charge is 0.481 e. The number of hydrogen-bond acceptors (Lipinski definition) is 8. The van der Waals surface area contributed by atoms with Crippen molar-refractivity contribution in [1.82, 2.24) is 15.0 Å². The first-order valence-electron chi connectivity index (χ1n) is 10.6. The lowest BCUT2D eigenvalue weighted by Crippen LogP contribution is -2.32. The Morgan fingerprint density at radius 3 is 2.91 bits per heavy atom. The van der Waals surface area contributed by atoms with Crippen molar-refractivity contribution < 1.29 is 14.6 Å². The van der Waals surface area contributed by atoms with Gasteiger partial charge in [-0.15, -0.1) is 0 Å². The number of aromatic nitrogens is 3. The number of ether oxygens (including phenoxy) is 1. The van der Waals surface area contributed by atoms with Gasteiger partial charge in [-0.25, -0.2) is 15.0 Å². The molecule has 0 aliphatic carbocycles. The molecule has 5 rings (SSSR count). The van der Waals surface area contributed by atoms with Crippen LogP contribution in [0, 0.1) is 6.92 Å². The molecule has 1 aromatic carbocycles. The number of carbonyl (C=O) groups is 1. The molecular weight excluding hydrogens is 408 g/mol. The molecule has 3 N–H and O–H groups in total. The number of nitrogens with one attached hydrogen (secondary N) is 2. The Labute approximate surface area is 185 Å². The predicted molar refractivity (Wildman–Crippen MR) is 121 cm³/mol. The highest BCUT2D eigenvalue weighted by atomic mass is 16.5. The molecule has 0 saturated carbocycles. The zero-order valence-electron chi connectivity index (χ0n) is 17.8. The lowest BCUT2D eigenvalue weighted by molar-refractivity contribution is -0.136. The lowest BCUT2D eigenvalue weighted by atomic mass is 10.0. The van der Waals surface area contributed by atoms with E-state index in [1.54, 1.807) is 12.1 Å². The van der Waals surface area contributed by atoms with E-state index < -0.39 is 5.97 Å². The summed E-state index contributed by atoms with van der Waals surface area (Å²) in [6, 6.07) is 7.26. The van der Waals surface area contributed by atoms with Crippen molar-refractivity contribution in [2.45, 2.75) is 26.3 Å². The predicted octanol–water partition coefficient (Wildman–Crippen LogP) is 2.92. The van der Waals surface area contributed by atoms with Crippen molar-refractivity contribution in [2.24, 2.45) is 0 Å². The maximum absolute atomic E-state index is 10.8. The van der Waals surface area contributed by atoms with E-state index in [2.05, 4.69) is 32.4 Å². The Kier molecular flexibility index (Phi) is 5.22. The number of pyridine rings is 1. The maximum atomic E-state index is 10.8. The molecule has 164 valence electrons. The van der Waals surface area contributed by atoms with Crippen LogP contribution in [0.15, 0.2) is 36.7 Å². The maximum Gasteiger partial charge on any atom is 0.307 e. The highest BCUT2D eigenvalue weighted by Crippen LogP contribution is 2.36. The summed E-state index contributed by atoms with van der Waals surface area (Å²) in [5.41, 5.74) is 6.87. The topological polar surface area (TPSA) is 113 Å². The Bertz CT molecular complexity index is 1170. The number of rotatable bonds is 5. The number of carboxylic acid groups (broad SMARTS) is 1. The van der Waals surface area contributed by atoms with E-state index in [1.165, 1.54) is 0 Å². The van der Waals surface area contributed by atoms with Crippen LogP contribution in [0.3, 0.4) is 0 Å². The summed E-state index contributed by atoms with van der Waals surface area (Å²) in [7, 11) is 0. The van der Waals surface area contributed by atoms with Crippen LogP contribution in [0.25, 0.3) is 0 Å². The van der Waals surface area contributed by atoms with Crippen LogP contribution in [-0.4, -0.2) is 45.7 Å². The fraction of sp³-hybridized carbons (Fsp3) is 0.304. The highest BCUT2D eigenvalue weighted by molar-refractivity contribution is 5.71. The average Bonchev–Trinajstić information content (AvgIpc) is 2.80. The molecule has 0 unspecified atom stereocenters. The second-order valence-electron chi connectivity index (χ2n) is 7.95. The van der Waals surface area contributed by atoms with Gasteiger partial charge >= 0.3 is 5.97 Å². The van der Waals surface area contributed by atoms with Crippen LogP contribution in [0.4, 0.5) is 23.0 Å². The molecule has 9 nitrogen and oxygen atoms in total. The van der Waals surface area contributed by atoms with E-state index in [-0.39, 0.29) is 6.42 Å². The normalized spacial score (nSPS) is 14.6. The number of nitrogens with zero attached hydrogens (tertiary/aromatic N) is 4. The summed E-state index contributed by atoms with van der Waals surface area (Å²) in [6.45, 7) is 5.04. The molecule has 3 aromatic rings. The van der Waals surface area contributed by atoms with Gasteiger partial charge in [0.2, 0.25) is 11.8 Å². The quantitative estimate of drug-likeness (QED) is 0.560. The van der Waals surface area contributed by atoms with Crippen LogP contribution in [0.2, 0.25) is 0 Å². The Hall–Kier alpha value is -3.88. The molecular formula is C23H24N6O3. The van der Waals surface area contributed by atoms with E-state index >= 15 is 0 Å². The fourth-order valence-electron chi connectivity index (χ4n) is 4.11. The van der Waals surface area contributed by atoms with Crippen molar-refractivity contribution in [3.63, 3.8) is 0 Å². The summed E-state index contributed by atoms with van der Waals surface area (Å²) in [6.07, 6.45) is 4.63. The zero-order valence-corrected chi connectivity index (χ0v) is 17.8. The van der Waals surface area contributed by atoms with Crippen LogP contribution in [0.5, 0.6) is 5.88 Å². The van der Waals surface area contributed by atoms with Gasteiger partial charge in [-0.1, -0.05) is 12.1 Å². The molecule has 4 heterocycles. The van der Waals surface area contributed by atoms with Gasteiger partial charge < -0.3 is 25.4 Å². The van der Waals surface area contributed by atoms with Crippen LogP contribution >= 0.6 is 0 Å². The number of fused-ring (bicyclic) bond motifs is 2. The molecule has 0 saturated heterocycles. The standard InChI is InChI=1S/C23H24N6O3/c1-14-19(12-25-22-21(14)24-7-9-32-22)29-8-6-16-11-26-23(28-18(16)13-29)27-17-4-2-15(3-5-17)10-20(30)31/h2-5,11-12,24H,6-10,13H2,1H3,(H,30,31)(H,26,27,28). The SMILES string of the molecule is Cc1c(N2CCc3cnc(Nc4ccc(CC(=O)O)cc4)nc3C2)cnc2c1NCCO2. The van der Waals surface area contributed by atoms with Crippen LogP contribution in [0.1, 0.15) is 22.4 Å². The summed E-state index contributed by atoms with van der Waals surface area (Å²) < 4.78 is 5.65. The van der Waals surface area contributed by atoms with Gasteiger partial charge in [0.1, 0.15) is 12.3 Å². The van der Waals surface area contributed by atoms with E-state index in [0.717, 1.165) is 59.0 Å². The summed E-state index contributed by atoms with van der Waals surface area (Å²) >= 11 is 0. The molecule has 32 heavy (non-hydrogen) atoms. The highest BCUT2D eigenvalue weighted by Gasteiger charge is 2.24. The van der Waals surface area contributed by atoms with Gasteiger partial charge in [0, 0.05) is 30.5 Å². The van der Waals surface area contributed by atoms with Gasteiger partial charge in [-0.05, 0) is 36.6 Å². The number of benzene rings is 1. The number of aliphatic carboxylic acids is 1. The molecule has 0 amide bonds. The number of carboxylic acids is 1. The zero-order chi connectivity index (χ0) is 22.1. The van der Waals surface area contributed by atoms with E-state index in [4.69, 9.17) is 14.8 Å². The van der Waals surface area contributed by atoms with Gasteiger partial charge in [0.15, 0.2) is 0 Å². The number of anilines is 4. The van der Waals surface area contributed by atoms with Crippen molar-refractivity contribution in [3.8, 4) is 5.88 Å². The summed E-state index contributed by atoms with van der Waals surface area (Å²) in [5.74, 6) is 0.339. The van der Waals surface area contributed by atoms with E-state index in [1.807, 2.05) is 24.5 Å². The smallest absolute Gasteiger partial charge is 0.307 e. The van der Waals surface area contributed by atoms with Crippen molar-refractivity contribution in [3.05, 3.63) is 59.0 Å². The molecule has 2 aromatic heterocycles. The second-order valence-corrected chi connectivity index (χ2v) is 7.95. The molecule has 0 atom stereocenters. The monoisotopic (exact) mass is 432 g/mol. The minimum atomic E-state index is -0.846. The molecule has 2 aliphatic rings. The van der Waals surface area contributed by atoms with Crippen LogP contribution < -0.4 is 20.3 Å². The molecule has 0 bridgehead atoms. The molecule has 2 aliphatic heterocycles. The number of hydrogen-bond donors (Lipinski definition) is 3. The third kappa shape index (κ3) is 4.01. The van der Waals surface area contributed by atoms with Crippen molar-refractivity contribution in [1.29, 1.82) is 0 Å². The molecule has 0 spiro atoms. The third-order valence-electron chi connectivity index (χ3n) is 5.77. The van der Waals surface area contributed by atoms with Crippen molar-refractivity contribution in [2.75, 3.05) is 35.2 Å². The first kappa shape index (κ1) is 20.0. The summed E-state index contributed by atoms with van der Waals surface area (Å²) in [4.78, 5) is 26.9. The minimum Gasteiger partial charge on any atom is -0.481 e. The van der Waals surface area contributed by atoms with E-state index in [0.29, 0.717) is 25.0 Å². The second kappa shape index (κ2) is 8.33. The summed E-state index contributed by atoms with van der Waals surface area (Å²) in [5, 5.41) is 15.5. The first-order chi connectivity index (χ1) is 15.6. The molecule has 0 fully saturated rings. The lowest BCUT2D eigenvalue weighted by Gasteiger charge is -2.32. The fourth-order valence-corrected chi connectivity index (χ4v) is 4.11. The minimum absolute atomic E-state index is 0.00404. The molecule has 9 heteroatoms. The van der Waals surface area contributed by atoms with Crippen LogP contribution in [-0.2, 0) is 24.2 Å². The molecule has 0 radical (unpaired) electrons. The van der Waals surface area contributed by atoms with Gasteiger partial charge in [-0.2, -0.15) is 0 Å². The third-order valence-corrected chi connectivity index (χ3v) is 5.77. The Balaban J connectivity index is 1.34. The Morgan fingerprint density at radius 2 is 2.09 bits per heavy atom. The van der Waals surface area contributed by atoms with Crippen molar-refractivity contribution >= 4 is 29.0 Å². The Morgan fingerprint density at radius 1 is 1.25 bits per heavy atom. The van der Waals surface area contributed by atoms with E-state index in [9.17, 15) is 4.79 Å².